The van der Waals surface area contributed by atoms with Crippen molar-refractivity contribution in [2.45, 2.75) is 32.7 Å². The number of carbonyl (C=O) groups excluding carboxylic acids is 1. The topological polar surface area (TPSA) is 64.8 Å². The van der Waals surface area contributed by atoms with E-state index in [-0.39, 0.29) is 41.3 Å². The van der Waals surface area contributed by atoms with Gasteiger partial charge in [-0.15, -0.1) is 0 Å². The van der Waals surface area contributed by atoms with E-state index in [1.165, 1.54) is 18.4 Å². The molecule has 6 nitrogen and oxygen atoms in total. The fraction of sp³-hybridized carbons (Fsp3) is 0.412. The summed E-state index contributed by atoms with van der Waals surface area (Å²) < 4.78 is 29.4. The Hall–Kier alpha value is -2.12. The van der Waals surface area contributed by atoms with Crippen LogP contribution in [0.15, 0.2) is 28.9 Å². The van der Waals surface area contributed by atoms with Crippen molar-refractivity contribution < 1.29 is 23.1 Å². The minimum Gasteiger partial charge on any atom is -0.482 e. The van der Waals surface area contributed by atoms with Gasteiger partial charge in [0.25, 0.3) is 5.91 Å². The van der Waals surface area contributed by atoms with Crippen molar-refractivity contribution in [3.05, 3.63) is 46.9 Å². The molecule has 1 aliphatic rings. The van der Waals surface area contributed by atoms with E-state index in [0.29, 0.717) is 18.8 Å². The third-order valence-corrected chi connectivity index (χ3v) is 4.02. The number of amides is 1. The summed E-state index contributed by atoms with van der Waals surface area (Å²) in [6, 6.07) is 3.82. The fourth-order valence-corrected chi connectivity index (χ4v) is 2.93. The summed E-state index contributed by atoms with van der Waals surface area (Å²) in [7, 11) is 0. The van der Waals surface area contributed by atoms with Crippen molar-refractivity contribution in [3.8, 4) is 5.75 Å². The molecule has 1 fully saturated rings. The first-order chi connectivity index (χ1) is 11.9. The molecule has 2 atom stereocenters. The van der Waals surface area contributed by atoms with Crippen LogP contribution >= 0.6 is 11.6 Å². The first-order valence-electron chi connectivity index (χ1n) is 7.89. The highest BCUT2D eigenvalue weighted by Gasteiger charge is 2.28. The molecule has 0 radical (unpaired) electrons. The van der Waals surface area contributed by atoms with Gasteiger partial charge in [0.05, 0.1) is 17.2 Å². The van der Waals surface area contributed by atoms with E-state index in [4.69, 9.17) is 25.5 Å². The second-order valence-electron chi connectivity index (χ2n) is 5.96. The second-order valence-corrected chi connectivity index (χ2v) is 6.36. The molecule has 0 unspecified atom stereocenters. The van der Waals surface area contributed by atoms with Gasteiger partial charge in [-0.1, -0.05) is 11.6 Å². The van der Waals surface area contributed by atoms with Gasteiger partial charge in [0, 0.05) is 13.1 Å². The number of ether oxygens (including phenoxy) is 2. The predicted molar refractivity (Wildman–Crippen MR) is 88.2 cm³/mol. The minimum atomic E-state index is -0.449. The molecule has 1 aromatic heterocycles. The summed E-state index contributed by atoms with van der Waals surface area (Å²) in [4.78, 5) is 18.4. The van der Waals surface area contributed by atoms with Gasteiger partial charge in [-0.3, -0.25) is 4.79 Å². The molecule has 25 heavy (non-hydrogen) atoms. The molecular weight excluding hydrogens is 351 g/mol. The van der Waals surface area contributed by atoms with Crippen molar-refractivity contribution in [3.63, 3.8) is 0 Å². The highest BCUT2D eigenvalue weighted by atomic mass is 35.5. The van der Waals surface area contributed by atoms with Gasteiger partial charge in [0.2, 0.25) is 5.89 Å². The summed E-state index contributed by atoms with van der Waals surface area (Å²) in [6.07, 6.45) is 1.25. The molecule has 1 aliphatic heterocycles. The number of carbonyl (C=O) groups is 1. The van der Waals surface area contributed by atoms with Crippen LogP contribution in [0.2, 0.25) is 5.02 Å². The summed E-state index contributed by atoms with van der Waals surface area (Å²) in [6.45, 7) is 4.84. The summed E-state index contributed by atoms with van der Waals surface area (Å²) >= 11 is 5.89. The number of hydrogen-bond donors (Lipinski definition) is 0. The summed E-state index contributed by atoms with van der Waals surface area (Å²) in [5.41, 5.74) is 0.213. The molecule has 2 aromatic rings. The Labute approximate surface area is 149 Å². The van der Waals surface area contributed by atoms with Crippen LogP contribution in [0.1, 0.15) is 30.2 Å². The quantitative estimate of drug-likeness (QED) is 0.828. The van der Waals surface area contributed by atoms with Gasteiger partial charge < -0.3 is 18.8 Å². The predicted octanol–water partition coefficient (Wildman–Crippen LogP) is 3.30. The van der Waals surface area contributed by atoms with E-state index in [9.17, 15) is 9.18 Å². The molecule has 8 heteroatoms. The normalized spacial score (nSPS) is 20.6. The maximum Gasteiger partial charge on any atom is 0.275 e. The van der Waals surface area contributed by atoms with E-state index in [2.05, 4.69) is 4.98 Å². The molecule has 0 bridgehead atoms. The Bertz CT molecular complexity index is 757. The van der Waals surface area contributed by atoms with Crippen LogP contribution in [0.4, 0.5) is 4.39 Å². The zero-order valence-electron chi connectivity index (χ0n) is 13.9. The van der Waals surface area contributed by atoms with Crippen LogP contribution in [0, 0.1) is 5.82 Å². The molecule has 134 valence electrons. The van der Waals surface area contributed by atoms with Crippen molar-refractivity contribution in [2.24, 2.45) is 0 Å². The van der Waals surface area contributed by atoms with Gasteiger partial charge in [-0.25, -0.2) is 9.37 Å². The van der Waals surface area contributed by atoms with Crippen LogP contribution in [0.3, 0.4) is 0 Å². The number of nitrogens with zero attached hydrogens (tertiary/aromatic N) is 2. The van der Waals surface area contributed by atoms with Gasteiger partial charge in [0.1, 0.15) is 17.8 Å². The molecule has 1 amide bonds. The average molecular weight is 369 g/mol. The van der Waals surface area contributed by atoms with Crippen LogP contribution in [0.25, 0.3) is 0 Å². The van der Waals surface area contributed by atoms with E-state index in [0.717, 1.165) is 6.07 Å². The van der Waals surface area contributed by atoms with Gasteiger partial charge in [0.15, 0.2) is 12.3 Å². The first-order valence-corrected chi connectivity index (χ1v) is 8.27. The molecule has 1 aromatic carbocycles. The van der Waals surface area contributed by atoms with Crippen LogP contribution in [-0.2, 0) is 11.3 Å². The third kappa shape index (κ3) is 4.29. The van der Waals surface area contributed by atoms with Crippen LogP contribution in [0.5, 0.6) is 5.75 Å². The Kier molecular flexibility index (Phi) is 5.24. The van der Waals surface area contributed by atoms with E-state index in [1.807, 2.05) is 13.8 Å². The van der Waals surface area contributed by atoms with Gasteiger partial charge in [-0.2, -0.15) is 0 Å². The molecule has 0 N–H and O–H groups in total. The zero-order valence-corrected chi connectivity index (χ0v) is 14.6. The van der Waals surface area contributed by atoms with E-state index >= 15 is 0 Å². The number of hydrogen-bond acceptors (Lipinski definition) is 5. The molecule has 0 saturated carbocycles. The number of aromatic nitrogens is 1. The lowest BCUT2D eigenvalue weighted by atomic mass is 10.2. The maximum atomic E-state index is 13.0. The van der Waals surface area contributed by atoms with Crippen LogP contribution in [-0.4, -0.2) is 41.1 Å². The number of benzene rings is 1. The monoisotopic (exact) mass is 368 g/mol. The molecule has 0 spiro atoms. The Morgan fingerprint density at radius 1 is 1.40 bits per heavy atom. The van der Waals surface area contributed by atoms with Crippen molar-refractivity contribution >= 4 is 17.5 Å². The zero-order chi connectivity index (χ0) is 18.0. The fourth-order valence-electron chi connectivity index (χ4n) is 2.71. The smallest absolute Gasteiger partial charge is 0.275 e. The highest BCUT2D eigenvalue weighted by Crippen LogP contribution is 2.25. The lowest BCUT2D eigenvalue weighted by Crippen LogP contribution is -2.48. The largest absolute Gasteiger partial charge is 0.482 e. The highest BCUT2D eigenvalue weighted by molar-refractivity contribution is 6.32. The Morgan fingerprint density at radius 3 is 2.80 bits per heavy atom. The van der Waals surface area contributed by atoms with Crippen LogP contribution < -0.4 is 4.74 Å². The molecular formula is C17H18ClFN2O4. The van der Waals surface area contributed by atoms with Gasteiger partial charge in [-0.05, 0) is 32.0 Å². The second kappa shape index (κ2) is 7.41. The molecule has 1 saturated heterocycles. The first kappa shape index (κ1) is 17.7. The molecule has 0 aliphatic carbocycles. The maximum absolute atomic E-state index is 13.0. The van der Waals surface area contributed by atoms with Crippen molar-refractivity contribution in [1.82, 2.24) is 9.88 Å². The average Bonchev–Trinajstić information content (AvgIpc) is 3.01. The Morgan fingerprint density at radius 2 is 2.12 bits per heavy atom. The standard InChI is InChI=1S/C17H18ClFN2O4/c1-10-6-21(7-11(2)25-10)17(22)14-8-24-16(20-14)9-23-15-4-3-12(19)5-13(15)18/h3-5,8,10-11H,6-7,9H2,1-2H3/t10-,11+. The Balaban J connectivity index is 1.63. The van der Waals surface area contributed by atoms with Crippen molar-refractivity contribution in [1.29, 1.82) is 0 Å². The van der Waals surface area contributed by atoms with Gasteiger partial charge >= 0.3 is 0 Å². The molecule has 3 rings (SSSR count). The third-order valence-electron chi connectivity index (χ3n) is 3.72. The SMILES string of the molecule is C[C@@H]1CN(C(=O)c2coc(COc3ccc(F)cc3Cl)n2)C[C@H](C)O1. The summed E-state index contributed by atoms with van der Waals surface area (Å²) in [5.74, 6) is -0.116. The number of oxazole rings is 1. The number of rotatable bonds is 4. The van der Waals surface area contributed by atoms with E-state index < -0.39 is 5.82 Å². The number of halogens is 2. The van der Waals surface area contributed by atoms with Crippen molar-refractivity contribution in [2.75, 3.05) is 13.1 Å². The summed E-state index contributed by atoms with van der Waals surface area (Å²) in [5, 5.41) is 0.152. The lowest BCUT2D eigenvalue weighted by molar-refractivity contribution is -0.0587. The molecule has 2 heterocycles. The number of morpholine rings is 1. The lowest BCUT2D eigenvalue weighted by Gasteiger charge is -2.34. The van der Waals surface area contributed by atoms with E-state index in [1.54, 1.807) is 4.90 Å². The minimum absolute atomic E-state index is 0.0193.